The Labute approximate surface area is 227 Å². The van der Waals surface area contributed by atoms with E-state index in [0.717, 1.165) is 4.90 Å². The van der Waals surface area contributed by atoms with Gasteiger partial charge in [-0.05, 0) is 69.5 Å². The number of phenols is 1. The molecule has 0 radical (unpaired) electrons. The molecule has 10 nitrogen and oxygen atoms in total. The van der Waals surface area contributed by atoms with Crippen LogP contribution in [0.4, 0.5) is 10.5 Å². The fraction of sp³-hybridized carbons (Fsp3) is 0.407. The number of amides is 3. The molecule has 3 N–H and O–H groups in total. The molecule has 0 aromatic heterocycles. The number of benzene rings is 2. The molecular formula is C27H34N4O6S. The van der Waals surface area contributed by atoms with Gasteiger partial charge < -0.3 is 30.1 Å². The highest BCUT2D eigenvalue weighted by atomic mass is 32.2. The lowest BCUT2D eigenvalue weighted by molar-refractivity contribution is -0.140. The van der Waals surface area contributed by atoms with Crippen molar-refractivity contribution in [2.24, 2.45) is 0 Å². The number of aromatic hydroxyl groups is 1. The molecule has 0 saturated carbocycles. The summed E-state index contributed by atoms with van der Waals surface area (Å²) in [6.07, 6.45) is 1.29. The first-order valence-electron chi connectivity index (χ1n) is 11.9. The molecule has 0 saturated heterocycles. The number of phenolic OH excluding ortho intramolecular Hbond substituents is 1. The lowest BCUT2D eigenvalue weighted by Gasteiger charge is -2.33. The van der Waals surface area contributed by atoms with Crippen molar-refractivity contribution in [3.05, 3.63) is 54.1 Å². The quantitative estimate of drug-likeness (QED) is 0.361. The van der Waals surface area contributed by atoms with Crippen LogP contribution in [0.2, 0.25) is 0 Å². The Morgan fingerprint density at radius 3 is 2.34 bits per heavy atom. The van der Waals surface area contributed by atoms with Crippen LogP contribution in [0.5, 0.6) is 11.5 Å². The molecule has 38 heavy (non-hydrogen) atoms. The van der Waals surface area contributed by atoms with E-state index in [4.69, 9.17) is 9.47 Å². The molecule has 0 aliphatic heterocycles. The van der Waals surface area contributed by atoms with E-state index in [0.29, 0.717) is 17.2 Å². The molecule has 11 heteroatoms. The van der Waals surface area contributed by atoms with Crippen LogP contribution in [-0.4, -0.2) is 65.2 Å². The zero-order valence-corrected chi connectivity index (χ0v) is 23.0. The second kappa shape index (κ2) is 14.1. The van der Waals surface area contributed by atoms with Crippen molar-refractivity contribution in [3.8, 4) is 17.6 Å². The Kier molecular flexibility index (Phi) is 11.3. The van der Waals surface area contributed by atoms with Gasteiger partial charge in [0.1, 0.15) is 35.7 Å². The molecule has 0 bridgehead atoms. The molecule has 2 aromatic carbocycles. The number of nitrogens with one attached hydrogen (secondary N) is 2. The lowest BCUT2D eigenvalue weighted by Crippen LogP contribution is -2.52. The summed E-state index contributed by atoms with van der Waals surface area (Å²) in [5, 5.41) is 25.5. The Morgan fingerprint density at radius 2 is 1.79 bits per heavy atom. The predicted octanol–water partition coefficient (Wildman–Crippen LogP) is 4.08. The summed E-state index contributed by atoms with van der Waals surface area (Å²) in [5.41, 5.74) is -0.241. The van der Waals surface area contributed by atoms with Crippen molar-refractivity contribution in [3.63, 3.8) is 0 Å². The molecule has 2 rings (SSSR count). The number of methoxy groups -OCH3 is 1. The van der Waals surface area contributed by atoms with Crippen molar-refractivity contribution >= 4 is 35.4 Å². The molecule has 204 valence electrons. The molecule has 3 amide bonds. The van der Waals surface area contributed by atoms with E-state index in [1.54, 1.807) is 57.2 Å². The number of rotatable bonds is 11. The van der Waals surface area contributed by atoms with Gasteiger partial charge in [0, 0.05) is 11.3 Å². The number of carbonyl (C=O) groups is 3. The van der Waals surface area contributed by atoms with Crippen LogP contribution >= 0.6 is 11.8 Å². The van der Waals surface area contributed by atoms with E-state index in [1.165, 1.54) is 31.0 Å². The van der Waals surface area contributed by atoms with E-state index < -0.39 is 42.1 Å². The third-order valence-corrected chi connectivity index (χ3v) is 5.92. The number of carbonyl (C=O) groups excluding carboxylic acids is 3. The maximum absolute atomic E-state index is 13.8. The second-order valence-corrected chi connectivity index (χ2v) is 10.3. The minimum atomic E-state index is -1.37. The SMILES string of the molecule is COc1ccc(NC(=O)C(c2ccccc2O)N(CC#N)C(=O)C(CCSC)NC(=O)OC(C)(C)C)cc1. The molecular weight excluding hydrogens is 508 g/mol. The van der Waals surface area contributed by atoms with Gasteiger partial charge in [-0.2, -0.15) is 17.0 Å². The van der Waals surface area contributed by atoms with Gasteiger partial charge in [-0.1, -0.05) is 18.2 Å². The van der Waals surface area contributed by atoms with Crippen molar-refractivity contribution < 1.29 is 29.0 Å². The average molecular weight is 543 g/mol. The predicted molar refractivity (Wildman–Crippen MR) is 146 cm³/mol. The van der Waals surface area contributed by atoms with E-state index in [-0.39, 0.29) is 17.7 Å². The lowest BCUT2D eigenvalue weighted by atomic mass is 10.0. The maximum Gasteiger partial charge on any atom is 0.408 e. The van der Waals surface area contributed by atoms with Gasteiger partial charge in [0.25, 0.3) is 5.91 Å². The first kappa shape index (κ1) is 30.3. The third kappa shape index (κ3) is 8.88. The fourth-order valence-electron chi connectivity index (χ4n) is 3.57. The Hall–Kier alpha value is -3.91. The molecule has 0 aliphatic carbocycles. The molecule has 2 atom stereocenters. The number of para-hydroxylation sites is 1. The van der Waals surface area contributed by atoms with E-state index in [9.17, 15) is 24.8 Å². The smallest absolute Gasteiger partial charge is 0.408 e. The Balaban J connectivity index is 2.48. The van der Waals surface area contributed by atoms with Crippen LogP contribution in [0.25, 0.3) is 0 Å². The molecule has 0 spiro atoms. The highest BCUT2D eigenvalue weighted by molar-refractivity contribution is 7.98. The van der Waals surface area contributed by atoms with E-state index in [1.807, 2.05) is 12.3 Å². The number of nitriles is 1. The first-order valence-corrected chi connectivity index (χ1v) is 13.3. The zero-order chi connectivity index (χ0) is 28.3. The first-order chi connectivity index (χ1) is 18.0. The van der Waals surface area contributed by atoms with Crippen molar-refractivity contribution in [1.29, 1.82) is 5.26 Å². The van der Waals surface area contributed by atoms with Crippen molar-refractivity contribution in [1.82, 2.24) is 10.2 Å². The van der Waals surface area contributed by atoms with Gasteiger partial charge in [-0.25, -0.2) is 4.79 Å². The summed E-state index contributed by atoms with van der Waals surface area (Å²) in [7, 11) is 1.52. The van der Waals surface area contributed by atoms with Crippen molar-refractivity contribution in [2.45, 2.75) is 44.9 Å². The highest BCUT2D eigenvalue weighted by Gasteiger charge is 2.37. The molecule has 0 fully saturated rings. The second-order valence-electron chi connectivity index (χ2n) is 9.28. The number of hydrogen-bond donors (Lipinski definition) is 3. The Morgan fingerprint density at radius 1 is 1.13 bits per heavy atom. The summed E-state index contributed by atoms with van der Waals surface area (Å²) in [6, 6.07) is 12.1. The highest BCUT2D eigenvalue weighted by Crippen LogP contribution is 2.31. The number of anilines is 1. The summed E-state index contributed by atoms with van der Waals surface area (Å²) >= 11 is 1.47. The third-order valence-electron chi connectivity index (χ3n) is 5.27. The number of alkyl carbamates (subject to hydrolysis) is 1. The van der Waals surface area contributed by atoms with Gasteiger partial charge in [0.05, 0.1) is 13.2 Å². The fourth-order valence-corrected chi connectivity index (χ4v) is 4.04. The normalized spacial score (nSPS) is 12.4. The monoisotopic (exact) mass is 542 g/mol. The molecule has 2 unspecified atom stereocenters. The Bertz CT molecular complexity index is 1140. The van der Waals surface area contributed by atoms with Crippen LogP contribution in [-0.2, 0) is 14.3 Å². The van der Waals surface area contributed by atoms with Crippen LogP contribution < -0.4 is 15.4 Å². The topological polar surface area (TPSA) is 141 Å². The number of ether oxygens (including phenoxy) is 2. The number of hydrogen-bond acceptors (Lipinski definition) is 8. The largest absolute Gasteiger partial charge is 0.508 e. The van der Waals surface area contributed by atoms with Crippen LogP contribution in [0.1, 0.15) is 38.8 Å². The summed E-state index contributed by atoms with van der Waals surface area (Å²) in [4.78, 5) is 41.0. The van der Waals surface area contributed by atoms with Crippen LogP contribution in [0, 0.1) is 11.3 Å². The van der Waals surface area contributed by atoms with Gasteiger partial charge in [-0.3, -0.25) is 9.59 Å². The summed E-state index contributed by atoms with van der Waals surface area (Å²) in [5.74, 6) is -0.428. The van der Waals surface area contributed by atoms with Gasteiger partial charge in [0.2, 0.25) is 5.91 Å². The zero-order valence-electron chi connectivity index (χ0n) is 22.2. The molecule has 2 aromatic rings. The molecule has 0 aliphatic rings. The van der Waals surface area contributed by atoms with Crippen LogP contribution in [0.3, 0.4) is 0 Å². The summed E-state index contributed by atoms with van der Waals surface area (Å²) < 4.78 is 10.5. The number of thioether (sulfide) groups is 1. The van der Waals surface area contributed by atoms with E-state index >= 15 is 0 Å². The van der Waals surface area contributed by atoms with Gasteiger partial charge in [0.15, 0.2) is 0 Å². The minimum absolute atomic E-state index is 0.128. The summed E-state index contributed by atoms with van der Waals surface area (Å²) in [6.45, 7) is 4.63. The van der Waals surface area contributed by atoms with E-state index in [2.05, 4.69) is 10.6 Å². The van der Waals surface area contributed by atoms with Gasteiger partial charge >= 0.3 is 6.09 Å². The average Bonchev–Trinajstić information content (AvgIpc) is 2.86. The van der Waals surface area contributed by atoms with Gasteiger partial charge in [-0.15, -0.1) is 0 Å². The van der Waals surface area contributed by atoms with Crippen LogP contribution in [0.15, 0.2) is 48.5 Å². The number of nitrogens with zero attached hydrogens (tertiary/aromatic N) is 2. The molecule has 0 heterocycles. The maximum atomic E-state index is 13.8. The minimum Gasteiger partial charge on any atom is -0.508 e. The standard InChI is InChI=1S/C27H34N4O6S/c1-27(2,3)37-26(35)30-21(14-17-38-5)25(34)31(16-15-28)23(20-8-6-7-9-22(20)32)24(33)29-18-10-12-19(36-4)13-11-18/h6-13,21,23,32H,14,16-17H2,1-5H3,(H,29,33)(H,30,35). The van der Waals surface area contributed by atoms with Crippen molar-refractivity contribution in [2.75, 3.05) is 31.0 Å².